The van der Waals surface area contributed by atoms with Crippen molar-refractivity contribution < 1.29 is 29.1 Å². The van der Waals surface area contributed by atoms with Gasteiger partial charge in [-0.15, -0.1) is 0 Å². The van der Waals surface area contributed by atoms with Crippen molar-refractivity contribution in [2.75, 3.05) is 13.1 Å². The molecular weight excluding hydrogens is 353 g/mol. The second-order valence-electron chi connectivity index (χ2n) is 6.62. The van der Waals surface area contributed by atoms with E-state index in [1.165, 1.54) is 0 Å². The molecule has 1 fully saturated rings. The van der Waals surface area contributed by atoms with Crippen molar-refractivity contribution in [2.24, 2.45) is 0 Å². The number of imidazole rings is 1. The third kappa shape index (κ3) is 3.48. The number of benzene rings is 1. The summed E-state index contributed by atoms with van der Waals surface area (Å²) < 4.78 is 12.8. The van der Waals surface area contributed by atoms with Crippen LogP contribution in [0.3, 0.4) is 0 Å². The van der Waals surface area contributed by atoms with Crippen molar-refractivity contribution in [3.63, 3.8) is 0 Å². The minimum absolute atomic E-state index is 0.0526. The van der Waals surface area contributed by atoms with Crippen LogP contribution in [0.2, 0.25) is 6.32 Å². The van der Waals surface area contributed by atoms with Crippen molar-refractivity contribution in [3.05, 3.63) is 42.0 Å². The molecule has 2 aromatic rings. The number of hydrogen-bond acceptors (Lipinski definition) is 6. The first-order valence-corrected chi connectivity index (χ1v) is 8.65. The number of carbonyl (C=O) groups excluding carboxylic acids is 1. The number of fused-ring (bicyclic) bond motifs is 1. The zero-order valence-corrected chi connectivity index (χ0v) is 14.4. The molecule has 10 heteroatoms. The van der Waals surface area contributed by atoms with Crippen molar-refractivity contribution >= 4 is 19.0 Å². The Labute approximate surface area is 155 Å². The van der Waals surface area contributed by atoms with Gasteiger partial charge in [-0.25, -0.2) is 9.78 Å². The van der Waals surface area contributed by atoms with E-state index in [0.717, 1.165) is 5.56 Å². The Morgan fingerprint density at radius 2 is 2.19 bits per heavy atom. The Bertz CT molecular complexity index is 866. The summed E-state index contributed by atoms with van der Waals surface area (Å²) in [7, 11) is -1.02. The van der Waals surface area contributed by atoms with E-state index < -0.39 is 13.1 Å². The van der Waals surface area contributed by atoms with Crippen LogP contribution in [0.25, 0.3) is 0 Å². The standard InChI is InChI=1S/C17H18BN3O6/c22-14(9-20-6-5-19-10-20)21-7-12(8-21)26-13-2-1-11-3-4-18(25)27-16(11)15(13)17(23)24/h1-2,5-6,10,12,25H,3-4,7-9H2,(H,23,24). The highest BCUT2D eigenvalue weighted by atomic mass is 16.5. The number of carboxylic acids is 1. The predicted octanol–water partition coefficient (Wildman–Crippen LogP) is 0.286. The molecule has 1 saturated heterocycles. The summed E-state index contributed by atoms with van der Waals surface area (Å²) >= 11 is 0. The molecule has 9 nitrogen and oxygen atoms in total. The van der Waals surface area contributed by atoms with Crippen molar-refractivity contribution in [3.8, 4) is 11.5 Å². The molecule has 0 spiro atoms. The summed E-state index contributed by atoms with van der Waals surface area (Å²) in [5, 5.41) is 19.3. The number of carbonyl (C=O) groups is 2. The summed E-state index contributed by atoms with van der Waals surface area (Å²) in [6.45, 7) is 0.970. The number of likely N-dealkylation sites (tertiary alicyclic amines) is 1. The second kappa shape index (κ2) is 6.95. The SMILES string of the molecule is O=C(O)c1c(OC2CN(C(=O)Cn3ccnc3)C2)ccc2c1OB(O)CC2. The van der Waals surface area contributed by atoms with Crippen LogP contribution in [0.4, 0.5) is 0 Å². The largest absolute Gasteiger partial charge is 0.535 e. The molecule has 1 amide bonds. The predicted molar refractivity (Wildman–Crippen MR) is 93.7 cm³/mol. The van der Waals surface area contributed by atoms with Gasteiger partial charge in [-0.2, -0.15) is 0 Å². The highest BCUT2D eigenvalue weighted by Crippen LogP contribution is 2.37. The van der Waals surface area contributed by atoms with Gasteiger partial charge in [0.2, 0.25) is 5.91 Å². The molecule has 0 atom stereocenters. The van der Waals surface area contributed by atoms with Crippen LogP contribution >= 0.6 is 0 Å². The molecule has 0 radical (unpaired) electrons. The molecule has 27 heavy (non-hydrogen) atoms. The Kier molecular flexibility index (Phi) is 4.48. The molecule has 0 saturated carbocycles. The van der Waals surface area contributed by atoms with E-state index in [9.17, 15) is 19.7 Å². The van der Waals surface area contributed by atoms with Crippen LogP contribution in [0.15, 0.2) is 30.9 Å². The maximum absolute atomic E-state index is 12.2. The minimum Gasteiger partial charge on any atom is -0.535 e. The third-order valence-corrected chi connectivity index (χ3v) is 4.70. The van der Waals surface area contributed by atoms with Gasteiger partial charge in [0, 0.05) is 12.4 Å². The number of rotatable bonds is 5. The number of carboxylic acid groups (broad SMARTS) is 1. The number of aromatic carboxylic acids is 1. The first-order valence-electron chi connectivity index (χ1n) is 8.65. The summed E-state index contributed by atoms with van der Waals surface area (Å²) in [5.41, 5.74) is 0.644. The molecule has 140 valence electrons. The lowest BCUT2D eigenvalue weighted by Gasteiger charge is -2.39. The molecule has 2 N–H and O–H groups in total. The average molecular weight is 371 g/mol. The van der Waals surface area contributed by atoms with Gasteiger partial charge in [-0.1, -0.05) is 6.07 Å². The van der Waals surface area contributed by atoms with Gasteiger partial charge >= 0.3 is 13.1 Å². The maximum atomic E-state index is 12.2. The normalized spacial score (nSPS) is 16.3. The van der Waals surface area contributed by atoms with Crippen LogP contribution in [-0.4, -0.2) is 62.8 Å². The maximum Gasteiger partial charge on any atom is 0.522 e. The van der Waals surface area contributed by atoms with E-state index in [0.29, 0.717) is 25.8 Å². The topological polar surface area (TPSA) is 114 Å². The molecular formula is C17H18BN3O6. The van der Waals surface area contributed by atoms with Crippen molar-refractivity contribution in [1.29, 1.82) is 0 Å². The van der Waals surface area contributed by atoms with Gasteiger partial charge in [0.1, 0.15) is 29.7 Å². The van der Waals surface area contributed by atoms with E-state index in [1.807, 2.05) is 0 Å². The van der Waals surface area contributed by atoms with E-state index in [2.05, 4.69) is 4.98 Å². The number of hydrogen-bond donors (Lipinski definition) is 2. The molecule has 3 heterocycles. The fourth-order valence-corrected chi connectivity index (χ4v) is 3.25. The van der Waals surface area contributed by atoms with Crippen LogP contribution in [0.5, 0.6) is 11.5 Å². The Balaban J connectivity index is 1.43. The van der Waals surface area contributed by atoms with E-state index in [4.69, 9.17) is 9.39 Å². The zero-order valence-electron chi connectivity index (χ0n) is 14.4. The fraction of sp³-hybridized carbons (Fsp3) is 0.353. The summed E-state index contributed by atoms with van der Waals surface area (Å²) in [5.74, 6) is -0.889. The molecule has 2 aliphatic heterocycles. The third-order valence-electron chi connectivity index (χ3n) is 4.70. The molecule has 0 aliphatic carbocycles. The smallest absolute Gasteiger partial charge is 0.522 e. The van der Waals surface area contributed by atoms with Crippen LogP contribution in [0.1, 0.15) is 15.9 Å². The number of aryl methyl sites for hydroxylation is 1. The molecule has 2 aliphatic rings. The summed E-state index contributed by atoms with van der Waals surface area (Å²) in [4.78, 5) is 29.4. The van der Waals surface area contributed by atoms with Crippen LogP contribution < -0.4 is 9.39 Å². The monoisotopic (exact) mass is 371 g/mol. The van der Waals surface area contributed by atoms with Gasteiger partial charge in [0.15, 0.2) is 0 Å². The fourth-order valence-electron chi connectivity index (χ4n) is 3.25. The van der Waals surface area contributed by atoms with Crippen LogP contribution in [0, 0.1) is 0 Å². The Morgan fingerprint density at radius 3 is 2.89 bits per heavy atom. The lowest BCUT2D eigenvalue weighted by Crippen LogP contribution is -2.57. The highest BCUT2D eigenvalue weighted by Gasteiger charge is 2.35. The van der Waals surface area contributed by atoms with Crippen LogP contribution in [-0.2, 0) is 17.8 Å². The van der Waals surface area contributed by atoms with Crippen molar-refractivity contribution in [1.82, 2.24) is 14.5 Å². The average Bonchev–Trinajstić information content (AvgIpc) is 3.09. The molecule has 4 rings (SSSR count). The molecule has 1 aromatic heterocycles. The quantitative estimate of drug-likeness (QED) is 0.726. The van der Waals surface area contributed by atoms with Gasteiger partial charge in [-0.05, 0) is 24.4 Å². The van der Waals surface area contributed by atoms with Gasteiger partial charge in [-0.3, -0.25) is 4.79 Å². The van der Waals surface area contributed by atoms with E-state index in [1.54, 1.807) is 40.3 Å². The van der Waals surface area contributed by atoms with Gasteiger partial charge in [0.25, 0.3) is 0 Å². The Hall–Kier alpha value is -3.01. The number of nitrogens with zero attached hydrogens (tertiary/aromatic N) is 3. The first-order chi connectivity index (χ1) is 13.0. The number of aromatic nitrogens is 2. The van der Waals surface area contributed by atoms with Gasteiger partial charge < -0.3 is 29.0 Å². The Morgan fingerprint density at radius 1 is 1.37 bits per heavy atom. The molecule has 0 bridgehead atoms. The number of ether oxygens (including phenoxy) is 1. The van der Waals surface area contributed by atoms with E-state index in [-0.39, 0.29) is 35.6 Å². The minimum atomic E-state index is -1.18. The molecule has 1 aromatic carbocycles. The first kappa shape index (κ1) is 17.4. The zero-order chi connectivity index (χ0) is 19.0. The second-order valence-corrected chi connectivity index (χ2v) is 6.62. The van der Waals surface area contributed by atoms with E-state index >= 15 is 0 Å². The highest BCUT2D eigenvalue weighted by molar-refractivity contribution is 6.44. The van der Waals surface area contributed by atoms with Gasteiger partial charge in [0.05, 0.1) is 19.4 Å². The van der Waals surface area contributed by atoms with Crippen molar-refractivity contribution in [2.45, 2.75) is 25.4 Å². The molecule has 0 unspecified atom stereocenters. The lowest BCUT2D eigenvalue weighted by atomic mass is 9.78. The number of amides is 1. The summed E-state index contributed by atoms with van der Waals surface area (Å²) in [6.07, 6.45) is 5.57. The summed E-state index contributed by atoms with van der Waals surface area (Å²) in [6, 6.07) is 3.36. The lowest BCUT2D eigenvalue weighted by molar-refractivity contribution is -0.140.